The summed E-state index contributed by atoms with van der Waals surface area (Å²) in [6, 6.07) is -3.30. The lowest BCUT2D eigenvalue weighted by molar-refractivity contribution is 1.33. The van der Waals surface area contributed by atoms with Gasteiger partial charge in [0, 0.05) is 12.4 Å². The Hall–Kier alpha value is -1.63. The van der Waals surface area contributed by atoms with Crippen LogP contribution >= 0.6 is 0 Å². The highest BCUT2D eigenvalue weighted by molar-refractivity contribution is 5.62. The van der Waals surface area contributed by atoms with Gasteiger partial charge in [-0.25, -0.2) is 0 Å². The Kier molecular flexibility index (Phi) is 0.643. The van der Waals surface area contributed by atoms with Gasteiger partial charge in [-0.2, -0.15) is 0 Å². The molecule has 1 heterocycles. The molecule has 0 aliphatic rings. The van der Waals surface area contributed by atoms with Gasteiger partial charge in [0.1, 0.15) is 0 Å². The molecule has 0 unspecified atom stereocenters. The first-order valence-corrected chi connectivity index (χ1v) is 3.27. The molecule has 2 rings (SSSR count). The van der Waals surface area contributed by atoms with Crippen LogP contribution in [0.1, 0.15) is 11.0 Å². The molecule has 12 heavy (non-hydrogen) atoms. The van der Waals surface area contributed by atoms with Crippen LogP contribution in [-0.4, -0.2) is 4.98 Å². The quantitative estimate of drug-likeness (QED) is 0.630. The third-order valence-corrected chi connectivity index (χ3v) is 1.27. The average molecular weight is 163 g/mol. The van der Waals surface area contributed by atoms with E-state index in [0.29, 0.717) is 0 Å². The van der Waals surface area contributed by atoms with Gasteiger partial charge in [0.25, 0.3) is 0 Å². The number of pyridine rings is 1. The minimum absolute atomic E-state index is 0.179. The van der Waals surface area contributed by atoms with Gasteiger partial charge < -0.3 is 0 Å². The zero-order chi connectivity index (χ0) is 15.2. The molecule has 1 heteroatoms. The molecule has 1 nitrogen and oxygen atoms in total. The van der Waals surface area contributed by atoms with Crippen LogP contribution in [0, 0.1) is 0 Å². The Morgan fingerprint density at radius 1 is 0.917 bits per heavy atom. The topological polar surface area (TPSA) is 12.9 Å². The maximum absolute atomic E-state index is 7.82. The van der Waals surface area contributed by atoms with E-state index in [1.807, 2.05) is 0 Å². The monoisotopic (exact) mass is 163 g/mol. The highest BCUT2D eigenvalue weighted by atomic mass is 14.6. The van der Waals surface area contributed by atoms with Gasteiger partial charge in [0.15, 0.2) is 0 Å². The number of benzene rings is 1. The van der Waals surface area contributed by atoms with Crippen molar-refractivity contribution in [1.82, 2.24) is 4.98 Å². The van der Waals surface area contributed by atoms with Gasteiger partial charge in [-0.1, -0.05) is 30.2 Å². The maximum atomic E-state index is 7.82. The Morgan fingerprint density at radius 3 is 2.50 bits per heavy atom. The van der Waals surface area contributed by atoms with Crippen LogP contribution in [0.4, 0.5) is 0 Å². The molecular formula is C11H9N. The molecule has 0 saturated heterocycles. The first kappa shape index (κ1) is 2.43. The summed E-state index contributed by atoms with van der Waals surface area (Å²) in [6.45, 7) is 0. The molecule has 58 valence electrons. The van der Waals surface area contributed by atoms with Gasteiger partial charge in [-0.15, -0.1) is 0 Å². The molecule has 0 bridgehead atoms. The molecule has 0 amide bonds. The molecule has 0 atom stereocenters. The molecule has 0 saturated carbocycles. The molecule has 1 aromatic heterocycles. The largest absolute Gasteiger partial charge is 0.265 e. The zero-order valence-electron chi connectivity index (χ0n) is 14.0. The highest BCUT2D eigenvalue weighted by Crippen LogP contribution is 2.16. The van der Waals surface area contributed by atoms with E-state index in [0.717, 1.165) is 6.20 Å². The third kappa shape index (κ3) is 1.35. The molecule has 0 aliphatic heterocycles. The van der Waals surface area contributed by atoms with Gasteiger partial charge in [-0.05, 0) is 23.2 Å². The van der Waals surface area contributed by atoms with Crippen molar-refractivity contribution < 1.29 is 11.0 Å². The second-order valence-electron chi connectivity index (χ2n) is 2.01. The first-order valence-electron chi connectivity index (χ1n) is 7.27. The molecule has 1 aromatic carbocycles. The zero-order valence-corrected chi connectivity index (χ0v) is 6.02. The van der Waals surface area contributed by atoms with Gasteiger partial charge in [0.05, 0.1) is 11.0 Å². The lowest BCUT2D eigenvalue weighted by Gasteiger charge is -1.98. The number of hydrogen-bond donors (Lipinski definition) is 0. The summed E-state index contributed by atoms with van der Waals surface area (Å²) in [5, 5.41) is 0. The van der Waals surface area contributed by atoms with Crippen molar-refractivity contribution in [2.45, 2.75) is 0 Å². The summed E-state index contributed by atoms with van der Waals surface area (Å²) in [5.74, 6) is 0. The van der Waals surface area contributed by atoms with Crippen molar-refractivity contribution in [3.8, 4) is 11.1 Å². The van der Waals surface area contributed by atoms with Gasteiger partial charge in [0.2, 0.25) is 0 Å². The summed E-state index contributed by atoms with van der Waals surface area (Å²) < 4.78 is 61.3. The van der Waals surface area contributed by atoms with Crippen LogP contribution in [0.15, 0.2) is 54.7 Å². The van der Waals surface area contributed by atoms with E-state index in [9.17, 15) is 0 Å². The normalized spacial score (nSPS) is 19.0. The van der Waals surface area contributed by atoms with E-state index in [-0.39, 0.29) is 17.2 Å². The summed E-state index contributed by atoms with van der Waals surface area (Å²) in [6.07, 6.45) is 0.610. The van der Waals surface area contributed by atoms with Crippen molar-refractivity contribution in [1.29, 1.82) is 0 Å². The average Bonchev–Trinajstić information content (AvgIpc) is 2.42. The lowest BCUT2D eigenvalue weighted by atomic mass is 10.1. The Balaban J connectivity index is 2.95. The van der Waals surface area contributed by atoms with E-state index < -0.39 is 42.4 Å². The third-order valence-electron chi connectivity index (χ3n) is 1.27. The molecule has 0 fully saturated rings. The second kappa shape index (κ2) is 3.18. The van der Waals surface area contributed by atoms with E-state index in [4.69, 9.17) is 11.0 Å². The van der Waals surface area contributed by atoms with Crippen molar-refractivity contribution >= 4 is 0 Å². The van der Waals surface area contributed by atoms with Gasteiger partial charge in [-0.3, -0.25) is 4.98 Å². The fourth-order valence-corrected chi connectivity index (χ4v) is 0.763. The van der Waals surface area contributed by atoms with Crippen molar-refractivity contribution in [3.63, 3.8) is 0 Å². The lowest BCUT2D eigenvalue weighted by Crippen LogP contribution is -1.76. The Bertz CT molecular complexity index is 683. The van der Waals surface area contributed by atoms with E-state index in [1.165, 1.54) is 0 Å². The molecule has 0 aliphatic carbocycles. The molecule has 0 N–H and O–H groups in total. The number of nitrogens with zero attached hydrogens (tertiary/aromatic N) is 1. The first-order chi connectivity index (χ1) is 9.27. The van der Waals surface area contributed by atoms with E-state index in [1.54, 1.807) is 0 Å². The Morgan fingerprint density at radius 2 is 1.67 bits per heavy atom. The van der Waals surface area contributed by atoms with Crippen LogP contribution < -0.4 is 0 Å². The van der Waals surface area contributed by atoms with E-state index in [2.05, 4.69) is 4.98 Å². The summed E-state index contributed by atoms with van der Waals surface area (Å²) in [5.41, 5.74) is -0.427. The van der Waals surface area contributed by atoms with Crippen molar-refractivity contribution in [2.24, 2.45) is 0 Å². The minimum Gasteiger partial charge on any atom is -0.265 e. The predicted octanol–water partition coefficient (Wildman–Crippen LogP) is 2.75. The van der Waals surface area contributed by atoms with Crippen LogP contribution in [0.2, 0.25) is 0 Å². The summed E-state index contributed by atoms with van der Waals surface area (Å²) in [4.78, 5) is 3.52. The number of aromatic nitrogens is 1. The smallest absolute Gasteiger partial charge is 0.0840 e. The molecule has 2 aromatic rings. The van der Waals surface area contributed by atoms with Gasteiger partial charge >= 0.3 is 0 Å². The van der Waals surface area contributed by atoms with Crippen LogP contribution in [-0.2, 0) is 0 Å². The number of rotatable bonds is 1. The van der Waals surface area contributed by atoms with Crippen molar-refractivity contribution in [2.75, 3.05) is 0 Å². The van der Waals surface area contributed by atoms with Crippen molar-refractivity contribution in [3.05, 3.63) is 54.7 Å². The van der Waals surface area contributed by atoms with Crippen LogP contribution in [0.3, 0.4) is 0 Å². The minimum atomic E-state index is -0.540. The second-order valence-corrected chi connectivity index (χ2v) is 2.01. The number of hydrogen-bond acceptors (Lipinski definition) is 1. The maximum Gasteiger partial charge on any atom is 0.0840 e. The fraction of sp³-hybridized carbons (Fsp3) is 0. The van der Waals surface area contributed by atoms with E-state index >= 15 is 0 Å². The Labute approximate surface area is 82.9 Å². The standard InChI is InChI=1S/C11H9N/c1-2-4-10(5-3-1)11-6-8-12-9-7-11/h1-9H/i1D,2D,3D,4D,5D,6D,7D,8D. The van der Waals surface area contributed by atoms with Crippen LogP contribution in [0.5, 0.6) is 0 Å². The SMILES string of the molecule is [2H]c1cnc([2H])c([2H])c1-c1c([2H])c([2H])c([2H])c([2H])c1[2H]. The molecule has 0 radical (unpaired) electrons. The highest BCUT2D eigenvalue weighted by Gasteiger charge is 1.92. The predicted molar refractivity (Wildman–Crippen MR) is 49.7 cm³/mol. The summed E-state index contributed by atoms with van der Waals surface area (Å²) >= 11 is 0. The molecular weight excluding hydrogens is 146 g/mol. The fourth-order valence-electron chi connectivity index (χ4n) is 0.763. The summed E-state index contributed by atoms with van der Waals surface area (Å²) in [7, 11) is 0. The van der Waals surface area contributed by atoms with Crippen LogP contribution in [0.25, 0.3) is 11.1 Å². The molecule has 0 spiro atoms.